The van der Waals surface area contributed by atoms with Gasteiger partial charge < -0.3 is 19.7 Å². The van der Waals surface area contributed by atoms with Crippen LogP contribution in [0.25, 0.3) is 0 Å². The Bertz CT molecular complexity index is 1550. The molecule has 9 nitrogen and oxygen atoms in total. The van der Waals surface area contributed by atoms with Crippen molar-refractivity contribution in [2.45, 2.75) is 50.0 Å². The molecule has 2 amide bonds. The first-order valence-electron chi connectivity index (χ1n) is 14.2. The van der Waals surface area contributed by atoms with E-state index in [9.17, 15) is 18.4 Å². The Hall–Kier alpha value is -4.39. The van der Waals surface area contributed by atoms with Crippen molar-refractivity contribution in [2.75, 3.05) is 37.0 Å². The van der Waals surface area contributed by atoms with E-state index >= 15 is 8.78 Å². The second-order valence-corrected chi connectivity index (χ2v) is 11.3. The topological polar surface area (TPSA) is 87.2 Å². The van der Waals surface area contributed by atoms with Gasteiger partial charge in [-0.25, -0.2) is 13.8 Å². The number of hydrogen-bond donors (Lipinski definition) is 1. The number of likely N-dealkylation sites (N-methyl/N-ethyl adjacent to an activating group) is 1. The Labute approximate surface area is 251 Å². The molecule has 4 heterocycles. The van der Waals surface area contributed by atoms with Crippen molar-refractivity contribution < 1.29 is 36.6 Å². The first-order chi connectivity index (χ1) is 21.0. The summed E-state index contributed by atoms with van der Waals surface area (Å²) in [6.07, 6.45) is 1.02. The van der Waals surface area contributed by atoms with Gasteiger partial charge >= 0.3 is 6.61 Å². The largest absolute Gasteiger partial charge is 0.497 e. The summed E-state index contributed by atoms with van der Waals surface area (Å²) in [4.78, 5) is 38.1. The summed E-state index contributed by atoms with van der Waals surface area (Å²) in [5, 5.41) is 2.64. The molecule has 3 aromatic rings. The third-order valence-electron chi connectivity index (χ3n) is 8.81. The first-order valence-corrected chi connectivity index (χ1v) is 14.2. The minimum Gasteiger partial charge on any atom is -0.497 e. The van der Waals surface area contributed by atoms with Crippen molar-refractivity contribution in [1.82, 2.24) is 15.2 Å². The van der Waals surface area contributed by atoms with E-state index in [0.717, 1.165) is 31.6 Å². The van der Waals surface area contributed by atoms with Gasteiger partial charge in [0.25, 0.3) is 11.8 Å². The number of methoxy groups -OCH3 is 1. The summed E-state index contributed by atoms with van der Waals surface area (Å²) in [7, 11) is 3.37. The van der Waals surface area contributed by atoms with Crippen LogP contribution in [-0.2, 0) is 4.79 Å². The number of piperazine rings is 1. The van der Waals surface area contributed by atoms with E-state index in [0.29, 0.717) is 23.7 Å². The summed E-state index contributed by atoms with van der Waals surface area (Å²) in [6.45, 7) is 0.306. The maximum Gasteiger partial charge on any atom is 0.387 e. The van der Waals surface area contributed by atoms with Gasteiger partial charge in [0, 0.05) is 60.4 Å². The second-order valence-electron chi connectivity index (χ2n) is 11.3. The quantitative estimate of drug-likeness (QED) is 0.382. The van der Waals surface area contributed by atoms with Crippen LogP contribution < -0.4 is 24.6 Å². The minimum absolute atomic E-state index is 0.0362. The predicted octanol–water partition coefficient (Wildman–Crippen LogP) is 4.18. The van der Waals surface area contributed by atoms with E-state index in [2.05, 4.69) is 26.9 Å². The van der Waals surface area contributed by atoms with Crippen molar-refractivity contribution in [3.05, 3.63) is 77.4 Å². The molecule has 3 aliphatic rings. The average molecular weight is 614 g/mol. The fraction of sp³-hybridized carbons (Fsp3) is 0.387. The van der Waals surface area contributed by atoms with Crippen LogP contribution in [0.15, 0.2) is 54.6 Å². The Balaban J connectivity index is 1.34. The number of fused-ring (bicyclic) bond motifs is 2. The Morgan fingerprint density at radius 1 is 1.00 bits per heavy atom. The summed E-state index contributed by atoms with van der Waals surface area (Å²) in [6, 6.07) is 10.7. The Morgan fingerprint density at radius 3 is 2.27 bits per heavy atom. The molecule has 0 spiro atoms. The molecule has 232 valence electrons. The van der Waals surface area contributed by atoms with Crippen molar-refractivity contribution >= 4 is 23.5 Å². The number of nitrogens with zero attached hydrogens (tertiary/aromatic N) is 4. The van der Waals surface area contributed by atoms with Gasteiger partial charge in [0.15, 0.2) is 0 Å². The molecule has 2 aromatic carbocycles. The fourth-order valence-electron chi connectivity index (χ4n) is 6.69. The highest BCUT2D eigenvalue weighted by Crippen LogP contribution is 2.41. The lowest BCUT2D eigenvalue weighted by molar-refractivity contribution is -0.118. The highest BCUT2D eigenvalue weighted by Gasteiger charge is 2.51. The van der Waals surface area contributed by atoms with Crippen LogP contribution in [0.5, 0.6) is 11.5 Å². The zero-order valence-corrected chi connectivity index (χ0v) is 24.2. The van der Waals surface area contributed by atoms with Crippen LogP contribution in [-0.4, -0.2) is 79.7 Å². The van der Waals surface area contributed by atoms with Crippen LogP contribution in [0.4, 0.5) is 29.2 Å². The van der Waals surface area contributed by atoms with E-state index in [1.54, 1.807) is 19.1 Å². The maximum atomic E-state index is 15.5. The molecule has 44 heavy (non-hydrogen) atoms. The SMILES string of the molecule is COc1cc(F)c([C@H]2[C@H](NC(=O)c3ccc(OC(F)F)cc3)C(=O)N(c3cccc(N4C[C@@H]5C[C@H]4CN5C)n3)[C@H]2C)c(F)c1. The van der Waals surface area contributed by atoms with Gasteiger partial charge in [-0.05, 0) is 56.8 Å². The van der Waals surface area contributed by atoms with E-state index in [1.165, 1.54) is 36.3 Å². The van der Waals surface area contributed by atoms with Gasteiger partial charge in [0.05, 0.1) is 7.11 Å². The Kier molecular flexibility index (Phi) is 7.82. The maximum absolute atomic E-state index is 15.5. The third kappa shape index (κ3) is 5.29. The number of aromatic nitrogens is 1. The number of amides is 2. The van der Waals surface area contributed by atoms with Gasteiger partial charge in [0.2, 0.25) is 0 Å². The normalized spacial score (nSPS) is 24.8. The van der Waals surface area contributed by atoms with Gasteiger partial charge in [0.1, 0.15) is 40.8 Å². The summed E-state index contributed by atoms with van der Waals surface area (Å²) in [5.74, 6) is -3.56. The summed E-state index contributed by atoms with van der Waals surface area (Å²) >= 11 is 0. The van der Waals surface area contributed by atoms with Crippen LogP contribution in [0.3, 0.4) is 0 Å². The van der Waals surface area contributed by atoms with E-state index in [1.807, 2.05) is 6.07 Å². The number of anilines is 2. The van der Waals surface area contributed by atoms with Crippen molar-refractivity contribution in [3.8, 4) is 11.5 Å². The number of carbonyl (C=O) groups is 2. The minimum atomic E-state index is -3.04. The van der Waals surface area contributed by atoms with Crippen molar-refractivity contribution in [2.24, 2.45) is 0 Å². The van der Waals surface area contributed by atoms with E-state index < -0.39 is 48.1 Å². The van der Waals surface area contributed by atoms with E-state index in [4.69, 9.17) is 9.72 Å². The molecule has 2 bridgehead atoms. The number of rotatable bonds is 8. The van der Waals surface area contributed by atoms with E-state index in [-0.39, 0.29) is 22.6 Å². The molecule has 0 aliphatic carbocycles. The molecule has 3 saturated heterocycles. The molecular weight excluding hydrogens is 582 g/mol. The molecule has 1 N–H and O–H groups in total. The standard InChI is InChI=1S/C31H31F4N5O4/c1-16-26(27-22(32)12-21(43-3)13-23(27)33)28(37-29(41)17-7-9-20(10-8-17)44-31(34)35)30(42)40(16)25-6-4-5-24(36-25)39-15-18-11-19(39)14-38(18)2/h4-10,12-13,16,18-19,26,28,31H,11,14-15H2,1-3H3,(H,37,41)/t16-,18-,19-,26-,28-/m0/s1. The molecule has 6 rings (SSSR count). The second kappa shape index (κ2) is 11.6. The molecule has 1 aromatic heterocycles. The smallest absolute Gasteiger partial charge is 0.387 e. The van der Waals surface area contributed by atoms with Crippen LogP contribution >= 0.6 is 0 Å². The van der Waals surface area contributed by atoms with Gasteiger partial charge in [-0.1, -0.05) is 6.07 Å². The molecule has 3 fully saturated rings. The van der Waals surface area contributed by atoms with Crippen molar-refractivity contribution in [1.29, 1.82) is 0 Å². The number of nitrogens with one attached hydrogen (secondary N) is 1. The summed E-state index contributed by atoms with van der Waals surface area (Å²) < 4.78 is 65.4. The average Bonchev–Trinajstić information content (AvgIpc) is 3.64. The number of likely N-dealkylation sites (tertiary alicyclic amines) is 1. The highest BCUT2D eigenvalue weighted by molar-refractivity contribution is 6.05. The molecular formula is C31H31F4N5O4. The molecule has 3 aliphatic heterocycles. The number of pyridine rings is 1. The fourth-order valence-corrected chi connectivity index (χ4v) is 6.69. The van der Waals surface area contributed by atoms with Gasteiger partial charge in [-0.2, -0.15) is 8.78 Å². The van der Waals surface area contributed by atoms with Crippen LogP contribution in [0.2, 0.25) is 0 Å². The number of alkyl halides is 2. The monoisotopic (exact) mass is 613 g/mol. The van der Waals surface area contributed by atoms with Gasteiger partial charge in [-0.15, -0.1) is 0 Å². The van der Waals surface area contributed by atoms with Crippen LogP contribution in [0.1, 0.15) is 35.2 Å². The lowest BCUT2D eigenvalue weighted by Crippen LogP contribution is -2.45. The number of halogens is 4. The summed E-state index contributed by atoms with van der Waals surface area (Å²) in [5.41, 5.74) is -0.342. The molecule has 0 radical (unpaired) electrons. The molecule has 0 unspecified atom stereocenters. The zero-order chi connectivity index (χ0) is 31.3. The first kappa shape index (κ1) is 29.7. The molecule has 13 heteroatoms. The van der Waals surface area contributed by atoms with Crippen molar-refractivity contribution in [3.63, 3.8) is 0 Å². The number of carbonyl (C=O) groups excluding carboxylic acids is 2. The number of benzene rings is 2. The molecule has 0 saturated carbocycles. The predicted molar refractivity (Wildman–Crippen MR) is 153 cm³/mol. The number of ether oxygens (including phenoxy) is 2. The highest BCUT2D eigenvalue weighted by atomic mass is 19.3. The lowest BCUT2D eigenvalue weighted by atomic mass is 9.87. The third-order valence-corrected chi connectivity index (χ3v) is 8.81. The molecule has 5 atom stereocenters. The van der Waals surface area contributed by atoms with Gasteiger partial charge in [-0.3, -0.25) is 19.4 Å². The zero-order valence-electron chi connectivity index (χ0n) is 24.2. The lowest BCUT2D eigenvalue weighted by Gasteiger charge is -2.33. The Morgan fingerprint density at radius 2 is 1.68 bits per heavy atom. The number of hydrogen-bond acceptors (Lipinski definition) is 7. The van der Waals surface area contributed by atoms with Crippen LogP contribution in [0, 0.1) is 11.6 Å².